The van der Waals surface area contributed by atoms with E-state index in [1.165, 1.54) is 12.1 Å². The van der Waals surface area contributed by atoms with Gasteiger partial charge in [-0.2, -0.15) is 8.42 Å². The maximum Gasteiger partial charge on any atom is 0.358 e. The first kappa shape index (κ1) is 18.7. The van der Waals surface area contributed by atoms with Gasteiger partial charge >= 0.3 is 10.1 Å². The van der Waals surface area contributed by atoms with Gasteiger partial charge in [0.25, 0.3) is 0 Å². The molecule has 2 heterocycles. The van der Waals surface area contributed by atoms with E-state index in [0.29, 0.717) is 12.1 Å². The summed E-state index contributed by atoms with van der Waals surface area (Å²) in [4.78, 5) is 1.22. The zero-order valence-corrected chi connectivity index (χ0v) is 16.9. The van der Waals surface area contributed by atoms with Gasteiger partial charge in [0.05, 0.1) is 12.0 Å². The van der Waals surface area contributed by atoms with E-state index in [1.54, 1.807) is 29.7 Å². The van der Waals surface area contributed by atoms with Gasteiger partial charge in [0.15, 0.2) is 0 Å². The first-order valence-corrected chi connectivity index (χ1v) is 11.1. The van der Waals surface area contributed by atoms with Crippen molar-refractivity contribution in [3.63, 3.8) is 0 Å². The van der Waals surface area contributed by atoms with E-state index < -0.39 is 10.1 Å². The second-order valence-corrected chi connectivity index (χ2v) is 9.17. The van der Waals surface area contributed by atoms with Crippen LogP contribution in [0.1, 0.15) is 35.0 Å². The molecule has 1 unspecified atom stereocenters. The number of oxime groups is 1. The van der Waals surface area contributed by atoms with Crippen molar-refractivity contribution in [3.8, 4) is 0 Å². The van der Waals surface area contributed by atoms with Gasteiger partial charge < -0.3 is 4.42 Å². The van der Waals surface area contributed by atoms with Gasteiger partial charge in [-0.1, -0.05) is 28.9 Å². The molecule has 0 aliphatic heterocycles. The predicted molar refractivity (Wildman–Crippen MR) is 110 cm³/mol. The minimum Gasteiger partial charge on any atom is -0.469 e. The number of furan rings is 1. The summed E-state index contributed by atoms with van der Waals surface area (Å²) < 4.78 is 35.5. The molecule has 28 heavy (non-hydrogen) atoms. The van der Waals surface area contributed by atoms with E-state index in [2.05, 4.69) is 5.16 Å². The first-order valence-electron chi connectivity index (χ1n) is 8.86. The molecule has 5 nitrogen and oxygen atoms in total. The molecule has 0 N–H and O–H groups in total. The third kappa shape index (κ3) is 4.10. The molecule has 0 amide bonds. The number of thiophene rings is 1. The molecule has 0 saturated carbocycles. The molecule has 0 fully saturated rings. The number of nitrogens with zero attached hydrogens (tertiary/aromatic N) is 1. The largest absolute Gasteiger partial charge is 0.469 e. The molecule has 144 valence electrons. The summed E-state index contributed by atoms with van der Waals surface area (Å²) in [5.74, 6) is 0.942. The summed E-state index contributed by atoms with van der Waals surface area (Å²) in [5.41, 5.74) is 2.65. The summed E-state index contributed by atoms with van der Waals surface area (Å²) in [6.07, 6.45) is 4.91. The average Bonchev–Trinajstić information content (AvgIpc) is 3.40. The summed E-state index contributed by atoms with van der Waals surface area (Å²) in [6.45, 7) is 1.89. The Morgan fingerprint density at radius 2 is 1.93 bits per heavy atom. The maximum absolute atomic E-state index is 12.4. The van der Waals surface area contributed by atoms with Crippen molar-refractivity contribution < 1.29 is 17.1 Å². The molecule has 4 rings (SSSR count). The lowest BCUT2D eigenvalue weighted by atomic mass is 9.85. The van der Waals surface area contributed by atoms with Crippen LogP contribution in [-0.4, -0.2) is 14.1 Å². The lowest BCUT2D eigenvalue weighted by Crippen LogP contribution is -2.13. The van der Waals surface area contributed by atoms with E-state index in [9.17, 15) is 8.42 Å². The third-order valence-corrected chi connectivity index (χ3v) is 6.67. The molecule has 1 aromatic carbocycles. The van der Waals surface area contributed by atoms with Crippen LogP contribution in [0.2, 0.25) is 0 Å². The summed E-state index contributed by atoms with van der Waals surface area (Å²) in [6, 6.07) is 14.3. The number of allylic oxidation sites excluding steroid dienone is 2. The van der Waals surface area contributed by atoms with Gasteiger partial charge in [-0.3, -0.25) is 4.28 Å². The summed E-state index contributed by atoms with van der Waals surface area (Å²) in [7, 11) is -3.96. The minimum absolute atomic E-state index is 0.0847. The van der Waals surface area contributed by atoms with Gasteiger partial charge in [0, 0.05) is 17.2 Å². The van der Waals surface area contributed by atoms with Crippen molar-refractivity contribution in [1.29, 1.82) is 0 Å². The highest BCUT2D eigenvalue weighted by molar-refractivity contribution is 7.86. The van der Waals surface area contributed by atoms with Gasteiger partial charge in [-0.15, -0.1) is 11.3 Å². The van der Waals surface area contributed by atoms with Gasteiger partial charge in [0.2, 0.25) is 0 Å². The van der Waals surface area contributed by atoms with Crippen LogP contribution in [0.4, 0.5) is 0 Å². The standard InChI is InChI=1S/C21H19NO4S2/c1-15-6-8-19(9-7-15)28(23,24)26-22-18-13-16(20-4-2-10-25-20)12-17(14-18)21-5-3-11-27-21/h2-11,14,16H,12-13H2,1H3/b22-18+. The Kier molecular flexibility index (Phi) is 5.19. The van der Waals surface area contributed by atoms with Crippen LogP contribution in [0.25, 0.3) is 5.57 Å². The Labute approximate surface area is 168 Å². The molecule has 2 aromatic heterocycles. The van der Waals surface area contributed by atoms with Gasteiger partial charge in [0.1, 0.15) is 10.7 Å². The number of hydrogen-bond donors (Lipinski definition) is 0. The van der Waals surface area contributed by atoms with Crippen LogP contribution < -0.4 is 0 Å². The van der Waals surface area contributed by atoms with Crippen molar-refractivity contribution >= 4 is 32.7 Å². The molecular formula is C21H19NO4S2. The maximum atomic E-state index is 12.4. The van der Waals surface area contributed by atoms with Crippen molar-refractivity contribution in [2.75, 3.05) is 0 Å². The van der Waals surface area contributed by atoms with E-state index in [-0.39, 0.29) is 10.8 Å². The molecule has 1 atom stereocenters. The molecule has 0 spiro atoms. The summed E-state index contributed by atoms with van der Waals surface area (Å²) in [5, 5.41) is 6.00. The zero-order chi connectivity index (χ0) is 19.6. The number of aryl methyl sites for hydroxylation is 1. The Bertz CT molecular complexity index is 1090. The second kappa shape index (κ2) is 7.77. The monoisotopic (exact) mass is 413 g/mol. The average molecular weight is 414 g/mol. The van der Waals surface area contributed by atoms with E-state index in [4.69, 9.17) is 8.70 Å². The Balaban J connectivity index is 1.62. The smallest absolute Gasteiger partial charge is 0.358 e. The quantitative estimate of drug-likeness (QED) is 0.527. The van der Waals surface area contributed by atoms with Crippen molar-refractivity contribution in [2.45, 2.75) is 30.6 Å². The Hall–Kier alpha value is -2.64. The van der Waals surface area contributed by atoms with Crippen LogP contribution in [-0.2, 0) is 14.4 Å². The van der Waals surface area contributed by atoms with Crippen LogP contribution in [0.15, 0.2) is 80.7 Å². The highest BCUT2D eigenvalue weighted by Gasteiger charge is 2.25. The fraction of sp³-hybridized carbons (Fsp3) is 0.190. The third-order valence-electron chi connectivity index (χ3n) is 4.61. The molecule has 1 aliphatic rings. The van der Waals surface area contributed by atoms with Crippen molar-refractivity contribution in [2.24, 2.45) is 5.16 Å². The lowest BCUT2D eigenvalue weighted by Gasteiger charge is -2.21. The van der Waals surface area contributed by atoms with E-state index in [1.807, 2.05) is 42.6 Å². The number of rotatable bonds is 5. The molecule has 0 radical (unpaired) electrons. The molecule has 0 bridgehead atoms. The van der Waals surface area contributed by atoms with Crippen LogP contribution in [0, 0.1) is 6.92 Å². The second-order valence-electron chi connectivity index (χ2n) is 6.69. The van der Waals surface area contributed by atoms with E-state index >= 15 is 0 Å². The van der Waals surface area contributed by atoms with Crippen LogP contribution >= 0.6 is 11.3 Å². The normalized spacial score (nSPS) is 18.8. The fourth-order valence-corrected chi connectivity index (χ4v) is 4.68. The highest BCUT2D eigenvalue weighted by atomic mass is 32.2. The molecule has 7 heteroatoms. The van der Waals surface area contributed by atoms with Gasteiger partial charge in [-0.25, -0.2) is 0 Å². The van der Waals surface area contributed by atoms with Crippen molar-refractivity contribution in [3.05, 3.63) is 82.5 Å². The zero-order valence-electron chi connectivity index (χ0n) is 15.2. The molecule has 0 saturated heterocycles. The highest BCUT2D eigenvalue weighted by Crippen LogP contribution is 2.38. The molecule has 3 aromatic rings. The predicted octanol–water partition coefficient (Wildman–Crippen LogP) is 5.37. The topological polar surface area (TPSA) is 68.9 Å². The Morgan fingerprint density at radius 1 is 1.11 bits per heavy atom. The van der Waals surface area contributed by atoms with Crippen LogP contribution in [0.3, 0.4) is 0 Å². The SMILES string of the molecule is Cc1ccc(S(=O)(=O)O/N=C2/C=C(c3cccs3)CC(c3ccco3)C2)cc1. The van der Waals surface area contributed by atoms with E-state index in [0.717, 1.165) is 28.2 Å². The molecular weight excluding hydrogens is 394 g/mol. The van der Waals surface area contributed by atoms with Crippen LogP contribution in [0.5, 0.6) is 0 Å². The number of hydrogen-bond acceptors (Lipinski definition) is 6. The number of benzene rings is 1. The first-order chi connectivity index (χ1) is 13.5. The Morgan fingerprint density at radius 3 is 2.61 bits per heavy atom. The minimum atomic E-state index is -3.96. The van der Waals surface area contributed by atoms with Gasteiger partial charge in [-0.05, 0) is 60.7 Å². The molecule has 1 aliphatic carbocycles. The fourth-order valence-electron chi connectivity index (χ4n) is 3.18. The lowest BCUT2D eigenvalue weighted by molar-refractivity contribution is 0.337. The summed E-state index contributed by atoms with van der Waals surface area (Å²) >= 11 is 1.64. The van der Waals surface area contributed by atoms with Crippen molar-refractivity contribution in [1.82, 2.24) is 0 Å².